The summed E-state index contributed by atoms with van der Waals surface area (Å²) in [5, 5.41) is 56.9. The SMILES string of the molecule is CCCCC/C=C\C/C=C\CCCCCCCCCC(=O)OC1C(OCC(NC(=O)C(O)CCCCCCC/C=C/C=C/CCCCC)C(O)/C=C/CCCCCCCCCCCCC)OC(CO)C(O)C1O. The molecule has 11 nitrogen and oxygen atoms in total. The van der Waals surface area contributed by atoms with Gasteiger partial charge in [0.1, 0.15) is 24.4 Å². The Labute approximate surface area is 446 Å². The molecule has 1 heterocycles. The van der Waals surface area contributed by atoms with Gasteiger partial charge in [-0.2, -0.15) is 0 Å². The van der Waals surface area contributed by atoms with Gasteiger partial charge in [-0.3, -0.25) is 9.59 Å². The van der Waals surface area contributed by atoms with E-state index in [1.807, 2.05) is 6.08 Å². The summed E-state index contributed by atoms with van der Waals surface area (Å²) in [5.74, 6) is -1.21. The summed E-state index contributed by atoms with van der Waals surface area (Å²) in [7, 11) is 0. The number of carbonyl (C=O) groups excluding carboxylic acids is 2. The third-order valence-corrected chi connectivity index (χ3v) is 13.9. The molecular formula is C62H111NO10. The first-order valence-electron chi connectivity index (χ1n) is 30.1. The van der Waals surface area contributed by atoms with Crippen molar-refractivity contribution < 1.29 is 49.3 Å². The van der Waals surface area contributed by atoms with Crippen molar-refractivity contribution in [3.63, 3.8) is 0 Å². The molecule has 1 fully saturated rings. The van der Waals surface area contributed by atoms with Crippen LogP contribution in [0.2, 0.25) is 0 Å². The molecule has 8 unspecified atom stereocenters. The summed E-state index contributed by atoms with van der Waals surface area (Å²) in [4.78, 5) is 26.5. The van der Waals surface area contributed by atoms with Gasteiger partial charge >= 0.3 is 5.97 Å². The van der Waals surface area contributed by atoms with Crippen LogP contribution in [0.4, 0.5) is 0 Å². The van der Waals surface area contributed by atoms with Crippen LogP contribution in [0, 0.1) is 0 Å². The third kappa shape index (κ3) is 38.5. The second-order valence-electron chi connectivity index (χ2n) is 20.8. The number of ether oxygens (including phenoxy) is 3. The summed E-state index contributed by atoms with van der Waals surface area (Å²) in [5.41, 5.74) is 0. The Morgan fingerprint density at radius 2 is 0.986 bits per heavy atom. The van der Waals surface area contributed by atoms with Gasteiger partial charge in [0.05, 0.1) is 25.4 Å². The molecule has 0 aromatic heterocycles. The number of unbranched alkanes of at least 4 members (excludes halogenated alkanes) is 29. The van der Waals surface area contributed by atoms with Crippen LogP contribution in [0.1, 0.15) is 258 Å². The predicted molar refractivity (Wildman–Crippen MR) is 301 cm³/mol. The molecular weight excluding hydrogens is 919 g/mol. The lowest BCUT2D eigenvalue weighted by Gasteiger charge is -2.41. The van der Waals surface area contributed by atoms with E-state index in [2.05, 4.69) is 74.7 Å². The van der Waals surface area contributed by atoms with Crippen LogP contribution in [0.3, 0.4) is 0 Å². The normalized spacial score (nSPS) is 19.8. The summed E-state index contributed by atoms with van der Waals surface area (Å²) >= 11 is 0. The monoisotopic (exact) mass is 1030 g/mol. The Bertz CT molecular complexity index is 1420. The molecule has 0 aromatic rings. The number of hydrogen-bond donors (Lipinski definition) is 6. The van der Waals surface area contributed by atoms with Crippen molar-refractivity contribution in [2.45, 2.75) is 307 Å². The molecule has 8 atom stereocenters. The summed E-state index contributed by atoms with van der Waals surface area (Å²) < 4.78 is 17.6. The Morgan fingerprint density at radius 1 is 0.548 bits per heavy atom. The van der Waals surface area contributed by atoms with Gasteiger partial charge in [0.25, 0.3) is 0 Å². The van der Waals surface area contributed by atoms with Crippen LogP contribution in [-0.4, -0.2) is 99.6 Å². The van der Waals surface area contributed by atoms with E-state index in [1.165, 1.54) is 116 Å². The second kappa shape index (κ2) is 50.2. The van der Waals surface area contributed by atoms with Crippen LogP contribution in [-0.2, 0) is 23.8 Å². The molecule has 1 aliphatic heterocycles. The van der Waals surface area contributed by atoms with Crippen molar-refractivity contribution in [1.29, 1.82) is 0 Å². The van der Waals surface area contributed by atoms with E-state index in [0.29, 0.717) is 12.8 Å². The molecule has 11 heteroatoms. The van der Waals surface area contributed by atoms with E-state index < -0.39 is 67.4 Å². The maximum atomic E-state index is 13.4. The van der Waals surface area contributed by atoms with Crippen molar-refractivity contribution in [2.75, 3.05) is 13.2 Å². The molecule has 73 heavy (non-hydrogen) atoms. The first-order valence-corrected chi connectivity index (χ1v) is 30.1. The van der Waals surface area contributed by atoms with Gasteiger partial charge in [-0.1, -0.05) is 229 Å². The fourth-order valence-corrected chi connectivity index (χ4v) is 9.08. The fourth-order valence-electron chi connectivity index (χ4n) is 9.08. The topological polar surface area (TPSA) is 175 Å². The van der Waals surface area contributed by atoms with Crippen LogP contribution >= 0.6 is 0 Å². The molecule has 0 aliphatic carbocycles. The summed E-state index contributed by atoms with van der Waals surface area (Å²) in [6.07, 6.45) is 51.1. The number of carbonyl (C=O) groups is 2. The zero-order valence-electron chi connectivity index (χ0n) is 46.7. The van der Waals surface area contributed by atoms with Crippen molar-refractivity contribution in [3.05, 3.63) is 60.8 Å². The number of allylic oxidation sites excluding steroid dienone is 9. The number of esters is 1. The molecule has 0 spiro atoms. The first-order chi connectivity index (χ1) is 35.7. The Balaban J connectivity index is 2.73. The molecule has 6 N–H and O–H groups in total. The van der Waals surface area contributed by atoms with E-state index in [-0.39, 0.29) is 19.4 Å². The number of nitrogens with one attached hydrogen (secondary N) is 1. The number of aliphatic hydroxyl groups is 5. The van der Waals surface area contributed by atoms with E-state index in [4.69, 9.17) is 14.2 Å². The summed E-state index contributed by atoms with van der Waals surface area (Å²) in [6, 6.07) is -1.03. The quantitative estimate of drug-likeness (QED) is 0.0149. The highest BCUT2D eigenvalue weighted by Crippen LogP contribution is 2.26. The highest BCUT2D eigenvalue weighted by Gasteiger charge is 2.47. The van der Waals surface area contributed by atoms with E-state index in [1.54, 1.807) is 6.08 Å². The standard InChI is InChI=1S/C62H111NO10/c1-4-7-10-13-16-19-22-25-27-28-29-32-35-38-41-44-47-50-57(67)73-60-59(69)58(68)56(51-64)72-62(60)71-52-53(54(65)48-45-42-39-36-33-30-24-21-18-15-12-9-6-3)63-61(70)55(66)49-46-43-40-37-34-31-26-23-20-17-14-11-8-5-2/h16-17,19-20,23,25-27,45,48,53-56,58-60,62,64-66,68-69H,4-15,18,21-22,24,28-44,46-47,49-52H2,1-3H3,(H,63,70)/b19-16-,20-17+,26-23+,27-25-,48-45+. The Kier molecular flexibility index (Phi) is 47.0. The van der Waals surface area contributed by atoms with Gasteiger partial charge in [0, 0.05) is 6.42 Å². The van der Waals surface area contributed by atoms with Crippen molar-refractivity contribution in [3.8, 4) is 0 Å². The molecule has 424 valence electrons. The Morgan fingerprint density at radius 3 is 1.51 bits per heavy atom. The van der Waals surface area contributed by atoms with E-state index in [9.17, 15) is 35.1 Å². The lowest BCUT2D eigenvalue weighted by atomic mass is 9.99. The van der Waals surface area contributed by atoms with E-state index in [0.717, 1.165) is 96.3 Å². The van der Waals surface area contributed by atoms with Crippen LogP contribution < -0.4 is 5.32 Å². The zero-order chi connectivity index (χ0) is 53.3. The van der Waals surface area contributed by atoms with E-state index >= 15 is 0 Å². The lowest BCUT2D eigenvalue weighted by molar-refractivity contribution is -0.305. The van der Waals surface area contributed by atoms with Crippen molar-refractivity contribution in [2.24, 2.45) is 0 Å². The average molecular weight is 1030 g/mol. The highest BCUT2D eigenvalue weighted by atomic mass is 16.7. The molecule has 0 radical (unpaired) electrons. The maximum absolute atomic E-state index is 13.4. The zero-order valence-corrected chi connectivity index (χ0v) is 46.7. The minimum absolute atomic E-state index is 0.112. The minimum Gasteiger partial charge on any atom is -0.454 e. The number of aliphatic hydroxyl groups excluding tert-OH is 5. The minimum atomic E-state index is -1.62. The van der Waals surface area contributed by atoms with Crippen molar-refractivity contribution >= 4 is 11.9 Å². The predicted octanol–water partition coefficient (Wildman–Crippen LogP) is 13.8. The molecule has 0 saturated carbocycles. The first kappa shape index (κ1) is 68.4. The smallest absolute Gasteiger partial charge is 0.306 e. The summed E-state index contributed by atoms with van der Waals surface area (Å²) in [6.45, 7) is 5.72. The largest absolute Gasteiger partial charge is 0.454 e. The average Bonchev–Trinajstić information content (AvgIpc) is 3.39. The number of amides is 1. The lowest BCUT2D eigenvalue weighted by Crippen LogP contribution is -2.61. The molecule has 1 saturated heterocycles. The molecule has 1 rings (SSSR count). The van der Waals surface area contributed by atoms with Crippen LogP contribution in [0.25, 0.3) is 0 Å². The van der Waals surface area contributed by atoms with Gasteiger partial charge in [0.15, 0.2) is 12.4 Å². The van der Waals surface area contributed by atoms with Crippen molar-refractivity contribution in [1.82, 2.24) is 5.32 Å². The maximum Gasteiger partial charge on any atom is 0.306 e. The highest BCUT2D eigenvalue weighted by molar-refractivity contribution is 5.80. The number of hydrogen-bond acceptors (Lipinski definition) is 10. The van der Waals surface area contributed by atoms with Crippen LogP contribution in [0.5, 0.6) is 0 Å². The fraction of sp³-hybridized carbons (Fsp3) is 0.806. The second-order valence-corrected chi connectivity index (χ2v) is 20.8. The molecule has 1 amide bonds. The molecule has 1 aliphatic rings. The Hall–Kier alpha value is -2.64. The van der Waals surface area contributed by atoms with Gasteiger partial charge in [-0.05, 0) is 83.5 Å². The van der Waals surface area contributed by atoms with Crippen LogP contribution in [0.15, 0.2) is 60.8 Å². The molecule has 0 bridgehead atoms. The van der Waals surface area contributed by atoms with Gasteiger partial charge in [0.2, 0.25) is 5.91 Å². The van der Waals surface area contributed by atoms with Gasteiger partial charge in [-0.25, -0.2) is 0 Å². The molecule has 0 aromatic carbocycles. The van der Waals surface area contributed by atoms with Gasteiger partial charge in [-0.15, -0.1) is 0 Å². The third-order valence-electron chi connectivity index (χ3n) is 13.9. The van der Waals surface area contributed by atoms with Gasteiger partial charge < -0.3 is 45.1 Å². The number of rotatable bonds is 50.